The van der Waals surface area contributed by atoms with Crippen molar-refractivity contribution in [3.05, 3.63) is 29.8 Å². The molecule has 1 aliphatic rings. The minimum Gasteiger partial charge on any atom is -0.376 e. The van der Waals surface area contributed by atoms with Gasteiger partial charge in [-0.2, -0.15) is 0 Å². The molecule has 0 radical (unpaired) electrons. The summed E-state index contributed by atoms with van der Waals surface area (Å²) in [7, 11) is 3.94. The Kier molecular flexibility index (Phi) is 7.40. The van der Waals surface area contributed by atoms with E-state index < -0.39 is 0 Å². The molecular formula is C19H29N3O3. The van der Waals surface area contributed by atoms with Crippen molar-refractivity contribution in [1.82, 2.24) is 9.80 Å². The van der Waals surface area contributed by atoms with Crippen LogP contribution in [0.5, 0.6) is 0 Å². The smallest absolute Gasteiger partial charge is 0.233 e. The number of benzene rings is 1. The molecule has 6 heteroatoms. The highest BCUT2D eigenvalue weighted by Crippen LogP contribution is 2.14. The summed E-state index contributed by atoms with van der Waals surface area (Å²) in [6.45, 7) is 4.67. The normalized spacial score (nSPS) is 16.9. The molecule has 1 aromatic rings. The number of rotatable bonds is 8. The predicted octanol–water partition coefficient (Wildman–Crippen LogP) is 1.89. The van der Waals surface area contributed by atoms with Crippen LogP contribution in [-0.4, -0.2) is 68.1 Å². The van der Waals surface area contributed by atoms with Gasteiger partial charge in [-0.05, 0) is 46.0 Å². The van der Waals surface area contributed by atoms with Gasteiger partial charge in [0.2, 0.25) is 11.8 Å². The zero-order valence-electron chi connectivity index (χ0n) is 15.5. The maximum absolute atomic E-state index is 12.6. The lowest BCUT2D eigenvalue weighted by molar-refractivity contribution is -0.136. The fourth-order valence-electron chi connectivity index (χ4n) is 2.76. The first-order chi connectivity index (χ1) is 11.9. The van der Waals surface area contributed by atoms with E-state index in [1.165, 1.54) is 0 Å². The van der Waals surface area contributed by atoms with Gasteiger partial charge >= 0.3 is 0 Å². The molecule has 1 heterocycles. The van der Waals surface area contributed by atoms with Crippen molar-refractivity contribution in [3.8, 4) is 0 Å². The first kappa shape index (κ1) is 19.4. The number of anilines is 1. The quantitative estimate of drug-likeness (QED) is 0.730. The topological polar surface area (TPSA) is 61.9 Å². The zero-order chi connectivity index (χ0) is 18.2. The van der Waals surface area contributed by atoms with E-state index in [9.17, 15) is 9.59 Å². The summed E-state index contributed by atoms with van der Waals surface area (Å²) in [4.78, 5) is 28.6. The van der Waals surface area contributed by atoms with E-state index in [0.29, 0.717) is 18.8 Å². The number of aryl methyl sites for hydroxylation is 1. The molecule has 0 aromatic heterocycles. The van der Waals surface area contributed by atoms with Crippen molar-refractivity contribution in [2.75, 3.05) is 45.7 Å². The maximum atomic E-state index is 12.6. The fraction of sp³-hybridized carbons (Fsp3) is 0.579. The van der Waals surface area contributed by atoms with Crippen LogP contribution in [0.4, 0.5) is 5.69 Å². The van der Waals surface area contributed by atoms with Crippen LogP contribution >= 0.6 is 0 Å². The molecular weight excluding hydrogens is 318 g/mol. The summed E-state index contributed by atoms with van der Waals surface area (Å²) in [5.41, 5.74) is 1.84. The second-order valence-electron chi connectivity index (χ2n) is 6.87. The predicted molar refractivity (Wildman–Crippen MR) is 98.5 cm³/mol. The second-order valence-corrected chi connectivity index (χ2v) is 6.87. The van der Waals surface area contributed by atoms with Crippen molar-refractivity contribution in [1.29, 1.82) is 0 Å². The lowest BCUT2D eigenvalue weighted by Gasteiger charge is -2.26. The summed E-state index contributed by atoms with van der Waals surface area (Å²) in [6.07, 6.45) is 1.95. The second kappa shape index (κ2) is 9.53. The number of nitrogens with one attached hydrogen (secondary N) is 1. The number of ether oxygens (including phenoxy) is 1. The molecule has 2 rings (SSSR count). The van der Waals surface area contributed by atoms with Gasteiger partial charge in [-0.1, -0.05) is 17.7 Å². The Morgan fingerprint density at radius 3 is 2.52 bits per heavy atom. The van der Waals surface area contributed by atoms with Gasteiger partial charge in [0.15, 0.2) is 0 Å². The molecule has 0 saturated carbocycles. The number of hydrogen-bond acceptors (Lipinski definition) is 4. The molecule has 1 atom stereocenters. The summed E-state index contributed by atoms with van der Waals surface area (Å²) >= 11 is 0. The molecule has 1 aromatic carbocycles. The molecule has 0 aliphatic carbocycles. The van der Waals surface area contributed by atoms with Gasteiger partial charge in [-0.25, -0.2) is 0 Å². The van der Waals surface area contributed by atoms with Gasteiger partial charge in [0.25, 0.3) is 0 Å². The van der Waals surface area contributed by atoms with E-state index in [2.05, 4.69) is 5.32 Å². The van der Waals surface area contributed by atoms with Crippen molar-refractivity contribution in [2.24, 2.45) is 0 Å². The van der Waals surface area contributed by atoms with Crippen LogP contribution < -0.4 is 5.32 Å². The largest absolute Gasteiger partial charge is 0.376 e. The number of amides is 2. The maximum Gasteiger partial charge on any atom is 0.233 e. The summed E-state index contributed by atoms with van der Waals surface area (Å²) in [5, 5.41) is 2.79. The molecule has 1 aliphatic heterocycles. The highest BCUT2D eigenvalue weighted by atomic mass is 16.5. The van der Waals surface area contributed by atoms with Crippen molar-refractivity contribution >= 4 is 17.5 Å². The fourth-order valence-corrected chi connectivity index (χ4v) is 2.76. The summed E-state index contributed by atoms with van der Waals surface area (Å²) < 4.78 is 5.64. The summed E-state index contributed by atoms with van der Waals surface area (Å²) in [5.74, 6) is -0.432. The van der Waals surface area contributed by atoms with Crippen LogP contribution in [0.1, 0.15) is 24.8 Å². The molecule has 25 heavy (non-hydrogen) atoms. The van der Waals surface area contributed by atoms with Gasteiger partial charge in [0.05, 0.1) is 6.10 Å². The molecule has 2 amide bonds. The first-order valence-electron chi connectivity index (χ1n) is 8.84. The van der Waals surface area contributed by atoms with E-state index in [4.69, 9.17) is 4.74 Å². The van der Waals surface area contributed by atoms with E-state index in [-0.39, 0.29) is 24.3 Å². The number of carbonyl (C=O) groups is 2. The monoisotopic (exact) mass is 347 g/mol. The van der Waals surface area contributed by atoms with Crippen molar-refractivity contribution in [3.63, 3.8) is 0 Å². The van der Waals surface area contributed by atoms with Crippen LogP contribution in [0.25, 0.3) is 0 Å². The van der Waals surface area contributed by atoms with E-state index in [1.54, 1.807) is 4.90 Å². The molecule has 1 N–H and O–H groups in total. The SMILES string of the molecule is Cc1ccc(NC(=O)CC(=O)N(CCN(C)C)C[C@H]2CCCO2)cc1. The van der Waals surface area contributed by atoms with E-state index in [0.717, 1.165) is 31.6 Å². The lowest BCUT2D eigenvalue weighted by Crippen LogP contribution is -2.42. The van der Waals surface area contributed by atoms with Crippen LogP contribution in [0, 0.1) is 6.92 Å². The Balaban J connectivity index is 1.89. The zero-order valence-corrected chi connectivity index (χ0v) is 15.5. The minimum atomic E-state index is -0.281. The van der Waals surface area contributed by atoms with Crippen LogP contribution in [0.2, 0.25) is 0 Å². The highest BCUT2D eigenvalue weighted by Gasteiger charge is 2.24. The Morgan fingerprint density at radius 1 is 1.20 bits per heavy atom. The molecule has 6 nitrogen and oxygen atoms in total. The number of likely N-dealkylation sites (N-methyl/N-ethyl adjacent to an activating group) is 1. The third-order valence-electron chi connectivity index (χ3n) is 4.26. The first-order valence-corrected chi connectivity index (χ1v) is 8.84. The Hall–Kier alpha value is -1.92. The van der Waals surface area contributed by atoms with E-state index in [1.807, 2.05) is 50.2 Å². The Morgan fingerprint density at radius 2 is 1.92 bits per heavy atom. The Labute approximate surface area is 150 Å². The average molecular weight is 347 g/mol. The summed E-state index contributed by atoms with van der Waals surface area (Å²) in [6, 6.07) is 7.54. The third kappa shape index (κ3) is 6.84. The van der Waals surface area contributed by atoms with Gasteiger partial charge in [-0.15, -0.1) is 0 Å². The van der Waals surface area contributed by atoms with Crippen molar-refractivity contribution in [2.45, 2.75) is 32.3 Å². The Bertz CT molecular complexity index is 566. The number of nitrogens with zero attached hydrogens (tertiary/aromatic N) is 2. The van der Waals surface area contributed by atoms with Crippen molar-refractivity contribution < 1.29 is 14.3 Å². The van der Waals surface area contributed by atoms with E-state index >= 15 is 0 Å². The number of carbonyl (C=O) groups excluding carboxylic acids is 2. The number of hydrogen-bond donors (Lipinski definition) is 1. The molecule has 138 valence electrons. The third-order valence-corrected chi connectivity index (χ3v) is 4.26. The van der Waals surface area contributed by atoms with Gasteiger partial charge in [0, 0.05) is 31.9 Å². The van der Waals surface area contributed by atoms with Crippen LogP contribution in [-0.2, 0) is 14.3 Å². The highest BCUT2D eigenvalue weighted by molar-refractivity contribution is 6.03. The van der Waals surface area contributed by atoms with Gasteiger partial charge in [-0.3, -0.25) is 9.59 Å². The molecule has 0 spiro atoms. The van der Waals surface area contributed by atoms with Crippen LogP contribution in [0.15, 0.2) is 24.3 Å². The lowest BCUT2D eigenvalue weighted by atomic mass is 10.2. The van der Waals surface area contributed by atoms with Gasteiger partial charge < -0.3 is 19.9 Å². The standard InChI is InChI=1S/C19H29N3O3/c1-15-6-8-16(9-7-15)20-18(23)13-19(24)22(11-10-21(2)3)14-17-5-4-12-25-17/h6-9,17H,4-5,10-14H2,1-3H3,(H,20,23)/t17-/m1/s1. The molecule has 1 saturated heterocycles. The van der Waals surface area contributed by atoms with Crippen LogP contribution in [0.3, 0.4) is 0 Å². The molecule has 0 bridgehead atoms. The molecule has 1 fully saturated rings. The average Bonchev–Trinajstić information content (AvgIpc) is 3.06. The van der Waals surface area contributed by atoms with Gasteiger partial charge in [0.1, 0.15) is 6.42 Å². The molecule has 0 unspecified atom stereocenters. The minimum absolute atomic E-state index is 0.0891.